The molecule has 0 atom stereocenters. The Bertz CT molecular complexity index is 963. The highest BCUT2D eigenvalue weighted by molar-refractivity contribution is 6.30. The van der Waals surface area contributed by atoms with E-state index in [1.54, 1.807) is 24.5 Å². The molecule has 0 aliphatic rings. The van der Waals surface area contributed by atoms with Crippen LogP contribution in [-0.4, -0.2) is 28.3 Å². The molecule has 2 N–H and O–H groups in total. The van der Waals surface area contributed by atoms with Crippen molar-refractivity contribution >= 4 is 23.4 Å². The topological polar surface area (TPSA) is 84.0 Å². The van der Waals surface area contributed by atoms with Crippen molar-refractivity contribution < 1.29 is 9.59 Å². The lowest BCUT2D eigenvalue weighted by molar-refractivity contribution is 0.0949. The molecule has 0 bridgehead atoms. The largest absolute Gasteiger partial charge is 0.350 e. The van der Waals surface area contributed by atoms with E-state index < -0.39 is 0 Å². The monoisotopic (exact) mass is 394 g/mol. The fourth-order valence-electron chi connectivity index (χ4n) is 2.58. The Balaban J connectivity index is 1.54. The van der Waals surface area contributed by atoms with Crippen molar-refractivity contribution in [1.29, 1.82) is 0 Å². The minimum Gasteiger partial charge on any atom is -0.350 e. The highest BCUT2D eigenvalue weighted by Gasteiger charge is 2.11. The molecule has 1 aromatic carbocycles. The number of aromatic nitrogens is 2. The quantitative estimate of drug-likeness (QED) is 0.645. The minimum atomic E-state index is -0.328. The summed E-state index contributed by atoms with van der Waals surface area (Å²) in [4.78, 5) is 32.6. The molecule has 0 fully saturated rings. The van der Waals surface area contributed by atoms with Crippen molar-refractivity contribution in [2.75, 3.05) is 6.54 Å². The van der Waals surface area contributed by atoms with Crippen LogP contribution >= 0.6 is 11.6 Å². The van der Waals surface area contributed by atoms with Crippen molar-refractivity contribution in [3.05, 3.63) is 94.5 Å². The Hall–Kier alpha value is -3.25. The highest BCUT2D eigenvalue weighted by Crippen LogP contribution is 2.11. The van der Waals surface area contributed by atoms with Crippen molar-refractivity contribution in [2.45, 2.75) is 13.0 Å². The molecule has 0 aliphatic carbocycles. The SMILES string of the molecule is O=C(NCc1ccncc1)c1ccnc(C(=O)NCCc2cccc(Cl)c2)c1. The second kappa shape index (κ2) is 9.62. The van der Waals surface area contributed by atoms with E-state index in [0.717, 1.165) is 11.1 Å². The van der Waals surface area contributed by atoms with E-state index in [9.17, 15) is 9.59 Å². The van der Waals surface area contributed by atoms with Gasteiger partial charge in [-0.25, -0.2) is 0 Å². The number of hydrogen-bond donors (Lipinski definition) is 2. The lowest BCUT2D eigenvalue weighted by Crippen LogP contribution is -2.27. The fourth-order valence-corrected chi connectivity index (χ4v) is 2.80. The molecule has 6 nitrogen and oxygen atoms in total. The average molecular weight is 395 g/mol. The highest BCUT2D eigenvalue weighted by atomic mass is 35.5. The zero-order valence-corrected chi connectivity index (χ0v) is 15.8. The molecule has 7 heteroatoms. The van der Waals surface area contributed by atoms with Gasteiger partial charge in [0.1, 0.15) is 5.69 Å². The van der Waals surface area contributed by atoms with E-state index in [1.165, 1.54) is 12.3 Å². The summed E-state index contributed by atoms with van der Waals surface area (Å²) in [6.07, 6.45) is 5.44. The molecule has 0 spiro atoms. The third-order valence-corrected chi connectivity index (χ3v) is 4.28. The number of rotatable bonds is 7. The van der Waals surface area contributed by atoms with E-state index in [0.29, 0.717) is 30.1 Å². The van der Waals surface area contributed by atoms with Gasteiger partial charge in [-0.15, -0.1) is 0 Å². The van der Waals surface area contributed by atoms with Crippen molar-refractivity contribution in [1.82, 2.24) is 20.6 Å². The first-order chi connectivity index (χ1) is 13.6. The van der Waals surface area contributed by atoms with Gasteiger partial charge in [-0.3, -0.25) is 19.6 Å². The normalized spacial score (nSPS) is 10.3. The van der Waals surface area contributed by atoms with Gasteiger partial charge in [-0.1, -0.05) is 23.7 Å². The number of hydrogen-bond acceptors (Lipinski definition) is 4. The number of benzene rings is 1. The van der Waals surface area contributed by atoms with Crippen molar-refractivity contribution in [3.8, 4) is 0 Å². The van der Waals surface area contributed by atoms with Gasteiger partial charge in [0.05, 0.1) is 0 Å². The Morgan fingerprint density at radius 2 is 1.71 bits per heavy atom. The zero-order valence-electron chi connectivity index (χ0n) is 15.1. The van der Waals surface area contributed by atoms with Crippen LogP contribution in [0.15, 0.2) is 67.1 Å². The molecule has 2 aromatic heterocycles. The van der Waals surface area contributed by atoms with Crippen LogP contribution in [0.5, 0.6) is 0 Å². The first kappa shape index (κ1) is 19.5. The maximum absolute atomic E-state index is 12.3. The summed E-state index contributed by atoms with van der Waals surface area (Å²) in [5, 5.41) is 6.28. The van der Waals surface area contributed by atoms with Crippen molar-refractivity contribution in [2.24, 2.45) is 0 Å². The summed E-state index contributed by atoms with van der Waals surface area (Å²) in [7, 11) is 0. The van der Waals surface area contributed by atoms with E-state index in [-0.39, 0.29) is 17.5 Å². The van der Waals surface area contributed by atoms with Crippen molar-refractivity contribution in [3.63, 3.8) is 0 Å². The van der Waals surface area contributed by atoms with Gasteiger partial charge in [0.25, 0.3) is 11.8 Å². The lowest BCUT2D eigenvalue weighted by atomic mass is 10.1. The first-order valence-corrected chi connectivity index (χ1v) is 9.15. The molecular weight excluding hydrogens is 376 g/mol. The van der Waals surface area contributed by atoms with Crippen LogP contribution in [0.4, 0.5) is 0 Å². The van der Waals surface area contributed by atoms with Gasteiger partial charge < -0.3 is 10.6 Å². The zero-order chi connectivity index (χ0) is 19.8. The fraction of sp³-hybridized carbons (Fsp3) is 0.143. The number of pyridine rings is 2. The maximum Gasteiger partial charge on any atom is 0.269 e. The number of nitrogens with one attached hydrogen (secondary N) is 2. The maximum atomic E-state index is 12.3. The summed E-state index contributed by atoms with van der Waals surface area (Å²) in [5.74, 6) is -0.599. The molecule has 0 saturated carbocycles. The minimum absolute atomic E-state index is 0.197. The Morgan fingerprint density at radius 1 is 0.893 bits per heavy atom. The number of carbonyl (C=O) groups excluding carboxylic acids is 2. The van der Waals surface area contributed by atoms with Crippen LogP contribution in [0.25, 0.3) is 0 Å². The van der Waals surface area contributed by atoms with E-state index in [2.05, 4.69) is 20.6 Å². The van der Waals surface area contributed by atoms with Crippen LogP contribution in [0.2, 0.25) is 5.02 Å². The number of amides is 2. The average Bonchev–Trinajstić information content (AvgIpc) is 2.73. The molecule has 2 amide bonds. The standard InChI is InChI=1S/C21H19ClN4O2/c22-18-3-1-2-15(12-18)6-10-25-21(28)19-13-17(7-11-24-19)20(27)26-14-16-4-8-23-9-5-16/h1-5,7-9,11-13H,6,10,14H2,(H,25,28)(H,26,27). The molecular formula is C21H19ClN4O2. The van der Waals surface area contributed by atoms with Gasteiger partial charge in [0, 0.05) is 42.3 Å². The molecule has 142 valence electrons. The summed E-state index contributed by atoms with van der Waals surface area (Å²) >= 11 is 5.96. The van der Waals surface area contributed by atoms with Gasteiger partial charge in [0.2, 0.25) is 0 Å². The summed E-state index contributed by atoms with van der Waals surface area (Å²) in [6.45, 7) is 0.824. The predicted octanol–water partition coefficient (Wildman–Crippen LogP) is 3.03. The van der Waals surface area contributed by atoms with E-state index in [1.807, 2.05) is 30.3 Å². The summed E-state index contributed by atoms with van der Waals surface area (Å²) in [5.41, 5.74) is 2.55. The number of nitrogens with zero attached hydrogens (tertiary/aromatic N) is 2. The second-order valence-corrected chi connectivity index (χ2v) is 6.54. The molecule has 28 heavy (non-hydrogen) atoms. The number of carbonyl (C=O) groups is 2. The lowest BCUT2D eigenvalue weighted by Gasteiger charge is -2.08. The van der Waals surface area contributed by atoms with Gasteiger partial charge >= 0.3 is 0 Å². The molecule has 0 aliphatic heterocycles. The third kappa shape index (κ3) is 5.62. The van der Waals surface area contributed by atoms with E-state index in [4.69, 9.17) is 11.6 Å². The molecule has 3 rings (SSSR count). The molecule has 0 saturated heterocycles. The summed E-state index contributed by atoms with van der Waals surface area (Å²) < 4.78 is 0. The molecule has 0 unspecified atom stereocenters. The van der Waals surface area contributed by atoms with Gasteiger partial charge in [-0.2, -0.15) is 0 Å². The second-order valence-electron chi connectivity index (χ2n) is 6.10. The molecule has 2 heterocycles. The van der Waals surface area contributed by atoms with Crippen LogP contribution in [0.1, 0.15) is 32.0 Å². The van der Waals surface area contributed by atoms with Crippen LogP contribution < -0.4 is 10.6 Å². The Labute approximate surface area is 168 Å². The van der Waals surface area contributed by atoms with Crippen LogP contribution in [-0.2, 0) is 13.0 Å². The van der Waals surface area contributed by atoms with E-state index >= 15 is 0 Å². The predicted molar refractivity (Wildman–Crippen MR) is 107 cm³/mol. The first-order valence-electron chi connectivity index (χ1n) is 8.77. The van der Waals surface area contributed by atoms with Crippen LogP contribution in [0, 0.1) is 0 Å². The molecule has 3 aromatic rings. The van der Waals surface area contributed by atoms with Crippen LogP contribution in [0.3, 0.4) is 0 Å². The van der Waals surface area contributed by atoms with Gasteiger partial charge in [0.15, 0.2) is 0 Å². The Morgan fingerprint density at radius 3 is 2.50 bits per heavy atom. The summed E-state index contributed by atoms with van der Waals surface area (Å²) in [6, 6.07) is 14.2. The van der Waals surface area contributed by atoms with Gasteiger partial charge in [-0.05, 0) is 53.9 Å². The number of halogens is 1. The Kier molecular flexibility index (Phi) is 6.70. The molecule has 0 radical (unpaired) electrons. The smallest absolute Gasteiger partial charge is 0.269 e. The third-order valence-electron chi connectivity index (χ3n) is 4.05.